The van der Waals surface area contributed by atoms with Crippen LogP contribution in [0.25, 0.3) is 44.5 Å². The number of nitrogens with zero attached hydrogens (tertiary/aromatic N) is 1. The van der Waals surface area contributed by atoms with E-state index in [1.807, 2.05) is 48.5 Å². The minimum atomic E-state index is -0.316. The van der Waals surface area contributed by atoms with Gasteiger partial charge in [0, 0.05) is 32.9 Å². The smallest absolute Gasteiger partial charge is 0.209 e. The van der Waals surface area contributed by atoms with Crippen LogP contribution in [0.15, 0.2) is 94.9 Å². The molecule has 4 heteroatoms. The molecule has 0 atom stereocenters. The summed E-state index contributed by atoms with van der Waals surface area (Å²) in [6.07, 6.45) is 1.62. The zero-order valence-corrected chi connectivity index (χ0v) is 20.3. The lowest BCUT2D eigenvalue weighted by Crippen LogP contribution is -2.24. The van der Waals surface area contributed by atoms with Crippen molar-refractivity contribution in [3.63, 3.8) is 0 Å². The number of hydrogen-bond acceptors (Lipinski definition) is 3. The van der Waals surface area contributed by atoms with Crippen LogP contribution in [0, 0.1) is 0 Å². The molecule has 4 nitrogen and oxygen atoms in total. The summed E-state index contributed by atoms with van der Waals surface area (Å²) in [7, 11) is 0. The lowest BCUT2D eigenvalue weighted by Gasteiger charge is -2.31. The Hall–Kier alpha value is -4.70. The topological polar surface area (TPSA) is 52.2 Å². The minimum absolute atomic E-state index is 0.147. The van der Waals surface area contributed by atoms with E-state index < -0.39 is 0 Å². The summed E-state index contributed by atoms with van der Waals surface area (Å²) in [4.78, 5) is 26.7. The molecule has 0 amide bonds. The number of Topliss-reactive ketones (excluding diaryl/α,β-unsaturated/α-hetero) is 2. The third kappa shape index (κ3) is 2.52. The lowest BCUT2D eigenvalue weighted by molar-refractivity contribution is 0.0990. The maximum Gasteiger partial charge on any atom is 0.209 e. The molecule has 0 fully saturated rings. The number of ketones is 2. The molecule has 2 aromatic heterocycles. The molecule has 0 unspecified atom stereocenters. The second kappa shape index (κ2) is 6.74. The zero-order valence-electron chi connectivity index (χ0n) is 20.3. The van der Waals surface area contributed by atoms with E-state index in [0.29, 0.717) is 16.9 Å². The molecular formula is C33H21NO3. The third-order valence-corrected chi connectivity index (χ3v) is 8.13. The van der Waals surface area contributed by atoms with Crippen molar-refractivity contribution in [3.05, 3.63) is 119 Å². The van der Waals surface area contributed by atoms with Crippen molar-refractivity contribution in [2.45, 2.75) is 19.3 Å². The maximum absolute atomic E-state index is 13.4. The van der Waals surface area contributed by atoms with E-state index in [1.165, 1.54) is 16.3 Å². The zero-order chi connectivity index (χ0) is 25.1. The first-order valence-electron chi connectivity index (χ1n) is 12.4. The summed E-state index contributed by atoms with van der Waals surface area (Å²) in [5, 5.41) is 4.25. The second-order valence-corrected chi connectivity index (χ2v) is 10.5. The van der Waals surface area contributed by atoms with Gasteiger partial charge >= 0.3 is 0 Å². The highest BCUT2D eigenvalue weighted by molar-refractivity contribution is 6.42. The third-order valence-electron chi connectivity index (χ3n) is 8.13. The predicted molar refractivity (Wildman–Crippen MR) is 146 cm³/mol. The van der Waals surface area contributed by atoms with Crippen LogP contribution < -0.4 is 0 Å². The Morgan fingerprint density at radius 1 is 0.730 bits per heavy atom. The van der Waals surface area contributed by atoms with Crippen LogP contribution in [0.4, 0.5) is 0 Å². The van der Waals surface area contributed by atoms with Crippen molar-refractivity contribution in [1.29, 1.82) is 0 Å². The van der Waals surface area contributed by atoms with E-state index in [-0.39, 0.29) is 22.6 Å². The first kappa shape index (κ1) is 20.5. The second-order valence-electron chi connectivity index (χ2n) is 10.5. The largest absolute Gasteiger partial charge is 0.440 e. The summed E-state index contributed by atoms with van der Waals surface area (Å²) < 4.78 is 8.66. The maximum atomic E-state index is 13.4. The molecule has 2 aliphatic rings. The van der Waals surface area contributed by atoms with Crippen molar-refractivity contribution >= 4 is 50.2 Å². The highest BCUT2D eigenvalue weighted by Crippen LogP contribution is 2.48. The number of hydrogen-bond donors (Lipinski definition) is 0. The summed E-state index contributed by atoms with van der Waals surface area (Å²) in [5.41, 5.74) is 5.21. The molecular weight excluding hydrogens is 458 g/mol. The molecule has 0 N–H and O–H groups in total. The SMILES string of the molecule is CC1(C)c2cc(C=C3C(=O)c4cc5ccccc5cc4C3=O)oc2-n2c3ccccc3c3cccc1c32. The van der Waals surface area contributed by atoms with Gasteiger partial charge in [-0.25, -0.2) is 0 Å². The van der Waals surface area contributed by atoms with Gasteiger partial charge in [-0.05, 0) is 46.7 Å². The number of benzene rings is 4. The van der Waals surface area contributed by atoms with Crippen LogP contribution in [0.5, 0.6) is 0 Å². The fourth-order valence-electron chi connectivity index (χ4n) is 6.25. The molecule has 1 aliphatic heterocycles. The molecule has 176 valence electrons. The summed E-state index contributed by atoms with van der Waals surface area (Å²) in [5.74, 6) is 0.738. The van der Waals surface area contributed by atoms with E-state index in [9.17, 15) is 9.59 Å². The Bertz CT molecular complexity index is 1990. The molecule has 0 bridgehead atoms. The first-order valence-corrected chi connectivity index (χ1v) is 12.4. The molecule has 1 aliphatic carbocycles. The fraction of sp³-hybridized carbons (Fsp3) is 0.0909. The number of allylic oxidation sites excluding steroid dienone is 1. The summed E-state index contributed by atoms with van der Waals surface area (Å²) in [6.45, 7) is 4.39. The molecule has 3 heterocycles. The Morgan fingerprint density at radius 2 is 1.38 bits per heavy atom. The Morgan fingerprint density at radius 3 is 2.11 bits per heavy atom. The molecule has 6 aromatic rings. The molecule has 0 spiro atoms. The Kier molecular flexibility index (Phi) is 3.73. The molecule has 37 heavy (non-hydrogen) atoms. The highest BCUT2D eigenvalue weighted by Gasteiger charge is 2.39. The van der Waals surface area contributed by atoms with Crippen LogP contribution in [0.2, 0.25) is 0 Å². The van der Waals surface area contributed by atoms with Crippen LogP contribution in [0.3, 0.4) is 0 Å². The van der Waals surface area contributed by atoms with Gasteiger partial charge < -0.3 is 4.42 Å². The van der Waals surface area contributed by atoms with Crippen molar-refractivity contribution < 1.29 is 14.0 Å². The number of fused-ring (bicyclic) bond motifs is 7. The van der Waals surface area contributed by atoms with Crippen LogP contribution in [-0.4, -0.2) is 16.1 Å². The number of furan rings is 1. The first-order chi connectivity index (χ1) is 17.9. The predicted octanol–water partition coefficient (Wildman–Crippen LogP) is 7.63. The minimum Gasteiger partial charge on any atom is -0.440 e. The molecule has 0 saturated carbocycles. The van der Waals surface area contributed by atoms with E-state index in [1.54, 1.807) is 6.08 Å². The average molecular weight is 480 g/mol. The fourth-order valence-corrected chi connectivity index (χ4v) is 6.25. The number of carbonyl (C=O) groups is 2. The Labute approximate surface area is 212 Å². The molecule has 8 rings (SSSR count). The van der Waals surface area contributed by atoms with Gasteiger partial charge in [0.2, 0.25) is 5.88 Å². The summed E-state index contributed by atoms with van der Waals surface area (Å²) in [6, 6.07) is 28.2. The number of carbonyl (C=O) groups excluding carboxylic acids is 2. The van der Waals surface area contributed by atoms with Crippen molar-refractivity contribution in [3.8, 4) is 5.88 Å². The van der Waals surface area contributed by atoms with Gasteiger partial charge in [-0.15, -0.1) is 0 Å². The monoisotopic (exact) mass is 479 g/mol. The Balaban J connectivity index is 1.34. The normalized spacial score (nSPS) is 15.6. The van der Waals surface area contributed by atoms with Gasteiger partial charge in [0.05, 0.1) is 16.6 Å². The molecule has 0 saturated heterocycles. The van der Waals surface area contributed by atoms with Crippen molar-refractivity contribution in [2.75, 3.05) is 0 Å². The number of aromatic nitrogens is 1. The number of rotatable bonds is 1. The molecule has 0 radical (unpaired) electrons. The molecule has 4 aromatic carbocycles. The standard InChI is InChI=1S/C33H21NO3/c1-33(2)26-12-7-11-22-21-10-5-6-13-28(21)34(29(22)26)32-27(33)17-20(37-32)16-25-30(35)23-14-18-8-3-4-9-19(18)15-24(23)31(25)36/h3-17H,1-2H3. The van der Waals surface area contributed by atoms with Gasteiger partial charge in [-0.2, -0.15) is 0 Å². The van der Waals surface area contributed by atoms with E-state index in [0.717, 1.165) is 33.3 Å². The van der Waals surface area contributed by atoms with Gasteiger partial charge in [-0.3, -0.25) is 14.2 Å². The number of para-hydroxylation sites is 2. The van der Waals surface area contributed by atoms with Gasteiger partial charge in [-0.1, -0.05) is 74.5 Å². The van der Waals surface area contributed by atoms with Gasteiger partial charge in [0.15, 0.2) is 11.6 Å². The quantitative estimate of drug-likeness (QED) is 0.180. The van der Waals surface area contributed by atoms with Gasteiger partial charge in [0.1, 0.15) is 5.76 Å². The van der Waals surface area contributed by atoms with E-state index in [4.69, 9.17) is 4.42 Å². The van der Waals surface area contributed by atoms with Crippen LogP contribution in [0.1, 0.15) is 51.5 Å². The van der Waals surface area contributed by atoms with Gasteiger partial charge in [0.25, 0.3) is 0 Å². The van der Waals surface area contributed by atoms with E-state index >= 15 is 0 Å². The van der Waals surface area contributed by atoms with Crippen LogP contribution >= 0.6 is 0 Å². The average Bonchev–Trinajstić information content (AvgIpc) is 3.55. The van der Waals surface area contributed by atoms with E-state index in [2.05, 4.69) is 54.8 Å². The lowest BCUT2D eigenvalue weighted by atomic mass is 9.76. The van der Waals surface area contributed by atoms with Crippen LogP contribution in [-0.2, 0) is 5.41 Å². The van der Waals surface area contributed by atoms with Crippen molar-refractivity contribution in [1.82, 2.24) is 4.57 Å². The highest BCUT2D eigenvalue weighted by atomic mass is 16.4. The summed E-state index contributed by atoms with van der Waals surface area (Å²) >= 11 is 0. The van der Waals surface area contributed by atoms with Crippen molar-refractivity contribution in [2.24, 2.45) is 0 Å².